The van der Waals surface area contributed by atoms with E-state index < -0.39 is 37.1 Å². The summed E-state index contributed by atoms with van der Waals surface area (Å²) in [4.78, 5) is 0. The molecule has 0 spiro atoms. The Morgan fingerprint density at radius 3 is 2.69 bits per heavy atom. The highest BCUT2D eigenvalue weighted by Gasteiger charge is 2.44. The fraction of sp³-hybridized carbons (Fsp3) is 0.455. The Hall–Kier alpha value is -2.16. The fourth-order valence-electron chi connectivity index (χ4n) is 4.08. The van der Waals surface area contributed by atoms with Gasteiger partial charge >= 0.3 is 0 Å². The minimum Gasteiger partial charge on any atom is -0.490 e. The first-order valence-electron chi connectivity index (χ1n) is 9.88. The predicted octanol–water partition coefficient (Wildman–Crippen LogP) is 0.905. The van der Waals surface area contributed by atoms with Crippen LogP contribution >= 0.6 is 0 Å². The molecule has 0 saturated carbocycles. The second-order valence-electron chi connectivity index (χ2n) is 7.66. The van der Waals surface area contributed by atoms with Crippen LogP contribution in [0.5, 0.6) is 5.75 Å². The van der Waals surface area contributed by atoms with Crippen molar-refractivity contribution >= 4 is 5.69 Å². The highest BCUT2D eigenvalue weighted by atomic mass is 16.5. The molecule has 1 fully saturated rings. The number of fused-ring (bicyclic) bond motifs is 1. The van der Waals surface area contributed by atoms with Gasteiger partial charge in [-0.15, -0.1) is 0 Å². The zero-order chi connectivity index (χ0) is 20.5. The van der Waals surface area contributed by atoms with Crippen LogP contribution in [0.3, 0.4) is 0 Å². The molecular weight excluding hydrogens is 374 g/mol. The first-order valence-corrected chi connectivity index (χ1v) is 9.88. The monoisotopic (exact) mass is 401 g/mol. The van der Waals surface area contributed by atoms with Gasteiger partial charge in [-0.05, 0) is 47.7 Å². The number of hydrogen-bond acceptors (Lipinski definition) is 7. The second-order valence-corrected chi connectivity index (χ2v) is 7.66. The Balaban J connectivity index is 1.60. The molecule has 1 saturated heterocycles. The third-order valence-electron chi connectivity index (χ3n) is 5.80. The summed E-state index contributed by atoms with van der Waals surface area (Å²) in [7, 11) is 0. The van der Waals surface area contributed by atoms with Crippen LogP contribution in [-0.4, -0.2) is 64.6 Å². The minimum absolute atomic E-state index is 0.440. The standard InChI is InChI=1S/C22H27NO6/c1-12-14(9-13-5-6-17-16(10-13)23-7-8-28-17)3-2-4-15(12)22-21(27)20(26)19(25)18(11-24)29-22/h2-6,10,18-27H,7-9,11H2,1H3/t18-,19-,20+,21-,22+/m1/s1. The maximum absolute atomic E-state index is 10.5. The van der Waals surface area contributed by atoms with Crippen LogP contribution in [0.25, 0.3) is 0 Å². The van der Waals surface area contributed by atoms with Crippen molar-refractivity contribution in [3.63, 3.8) is 0 Å². The number of anilines is 1. The molecule has 2 heterocycles. The smallest absolute Gasteiger partial charge is 0.142 e. The van der Waals surface area contributed by atoms with Crippen LogP contribution < -0.4 is 10.1 Å². The molecule has 2 aliphatic rings. The van der Waals surface area contributed by atoms with Crippen LogP contribution in [0.1, 0.15) is 28.4 Å². The van der Waals surface area contributed by atoms with Crippen molar-refractivity contribution in [2.45, 2.75) is 43.9 Å². The van der Waals surface area contributed by atoms with Crippen molar-refractivity contribution in [3.05, 3.63) is 58.7 Å². The van der Waals surface area contributed by atoms with E-state index in [1.54, 1.807) is 0 Å². The van der Waals surface area contributed by atoms with E-state index >= 15 is 0 Å². The second kappa shape index (κ2) is 8.30. The van der Waals surface area contributed by atoms with Crippen LogP contribution in [0.15, 0.2) is 36.4 Å². The first-order chi connectivity index (χ1) is 14.0. The molecule has 7 nitrogen and oxygen atoms in total. The Kier molecular flexibility index (Phi) is 5.76. The topological polar surface area (TPSA) is 111 Å². The normalized spacial score (nSPS) is 28.9. The van der Waals surface area contributed by atoms with E-state index in [-0.39, 0.29) is 0 Å². The number of aliphatic hydroxyl groups is 4. The Morgan fingerprint density at radius 2 is 1.90 bits per heavy atom. The van der Waals surface area contributed by atoms with E-state index in [0.717, 1.165) is 40.2 Å². The average molecular weight is 401 g/mol. The van der Waals surface area contributed by atoms with Crippen molar-refractivity contribution in [3.8, 4) is 5.75 Å². The summed E-state index contributed by atoms with van der Waals surface area (Å²) < 4.78 is 11.4. The summed E-state index contributed by atoms with van der Waals surface area (Å²) in [5, 5.41) is 43.4. The quantitative estimate of drug-likeness (QED) is 0.518. The molecule has 0 amide bonds. The largest absolute Gasteiger partial charge is 0.490 e. The van der Waals surface area contributed by atoms with Crippen LogP contribution in [-0.2, 0) is 11.2 Å². The summed E-state index contributed by atoms with van der Waals surface area (Å²) in [6.45, 7) is 2.95. The van der Waals surface area contributed by atoms with E-state index in [9.17, 15) is 20.4 Å². The lowest BCUT2D eigenvalue weighted by molar-refractivity contribution is -0.231. The zero-order valence-corrected chi connectivity index (χ0v) is 16.3. The molecule has 5 atom stereocenters. The Bertz CT molecular complexity index is 870. The maximum atomic E-state index is 10.5. The van der Waals surface area contributed by atoms with Crippen molar-refractivity contribution in [2.24, 2.45) is 0 Å². The SMILES string of the molecule is Cc1c(Cc2ccc3c(c2)NCCO3)cccc1[C@@H]1O[C@H](CO)[C@@H](O)[C@H](O)[C@H]1O. The molecule has 29 heavy (non-hydrogen) atoms. The molecule has 0 bridgehead atoms. The Labute approximate surface area is 169 Å². The molecule has 4 rings (SSSR count). The fourth-order valence-corrected chi connectivity index (χ4v) is 4.08. The van der Waals surface area contributed by atoms with Gasteiger partial charge in [0.2, 0.25) is 0 Å². The van der Waals surface area contributed by atoms with Gasteiger partial charge in [-0.3, -0.25) is 0 Å². The maximum Gasteiger partial charge on any atom is 0.142 e. The summed E-state index contributed by atoms with van der Waals surface area (Å²) >= 11 is 0. The lowest BCUT2D eigenvalue weighted by Crippen LogP contribution is -2.55. The van der Waals surface area contributed by atoms with Crippen molar-refractivity contribution < 1.29 is 29.9 Å². The summed E-state index contributed by atoms with van der Waals surface area (Å²) in [6.07, 6.45) is -5.10. The highest BCUT2D eigenvalue weighted by molar-refractivity contribution is 5.60. The molecule has 2 aromatic rings. The zero-order valence-electron chi connectivity index (χ0n) is 16.3. The van der Waals surface area contributed by atoms with Gasteiger partial charge in [0.25, 0.3) is 0 Å². The van der Waals surface area contributed by atoms with Gasteiger partial charge in [0.05, 0.1) is 12.3 Å². The van der Waals surface area contributed by atoms with Gasteiger partial charge in [0.1, 0.15) is 42.9 Å². The predicted molar refractivity (Wildman–Crippen MR) is 107 cm³/mol. The minimum atomic E-state index is -1.39. The van der Waals surface area contributed by atoms with Gasteiger partial charge in [0.15, 0.2) is 0 Å². The van der Waals surface area contributed by atoms with E-state index in [0.29, 0.717) is 13.0 Å². The molecule has 0 unspecified atom stereocenters. The third-order valence-corrected chi connectivity index (χ3v) is 5.80. The number of benzene rings is 2. The van der Waals surface area contributed by atoms with Crippen molar-refractivity contribution in [1.82, 2.24) is 0 Å². The first kappa shape index (κ1) is 20.1. The van der Waals surface area contributed by atoms with E-state index in [1.807, 2.05) is 37.3 Å². The van der Waals surface area contributed by atoms with Gasteiger partial charge in [0, 0.05) is 6.54 Å². The summed E-state index contributed by atoms with van der Waals surface area (Å²) in [5.74, 6) is 0.854. The number of ether oxygens (including phenoxy) is 2. The summed E-state index contributed by atoms with van der Waals surface area (Å²) in [5.41, 5.74) is 4.85. The third kappa shape index (κ3) is 3.84. The van der Waals surface area contributed by atoms with E-state index in [2.05, 4.69) is 11.4 Å². The lowest BCUT2D eigenvalue weighted by Gasteiger charge is -2.40. The van der Waals surface area contributed by atoms with Gasteiger partial charge in [-0.2, -0.15) is 0 Å². The van der Waals surface area contributed by atoms with Gasteiger partial charge < -0.3 is 35.2 Å². The molecule has 7 heteroatoms. The van der Waals surface area contributed by atoms with Gasteiger partial charge in [-0.25, -0.2) is 0 Å². The number of nitrogens with one attached hydrogen (secondary N) is 1. The summed E-state index contributed by atoms with van der Waals surface area (Å²) in [6, 6.07) is 11.8. The molecule has 2 aromatic carbocycles. The molecule has 156 valence electrons. The molecule has 5 N–H and O–H groups in total. The van der Waals surface area contributed by atoms with Crippen LogP contribution in [0.4, 0.5) is 5.69 Å². The molecular formula is C22H27NO6. The average Bonchev–Trinajstić information content (AvgIpc) is 2.74. The Morgan fingerprint density at radius 1 is 1.07 bits per heavy atom. The van der Waals surface area contributed by atoms with Gasteiger partial charge in [-0.1, -0.05) is 24.3 Å². The van der Waals surface area contributed by atoms with E-state index in [4.69, 9.17) is 9.47 Å². The number of hydrogen-bond donors (Lipinski definition) is 5. The number of rotatable bonds is 4. The molecule has 0 aromatic heterocycles. The lowest BCUT2D eigenvalue weighted by atomic mass is 9.87. The molecule has 0 radical (unpaired) electrons. The van der Waals surface area contributed by atoms with E-state index in [1.165, 1.54) is 0 Å². The highest BCUT2D eigenvalue weighted by Crippen LogP contribution is 2.35. The van der Waals surface area contributed by atoms with Crippen LogP contribution in [0.2, 0.25) is 0 Å². The molecule has 0 aliphatic carbocycles. The van der Waals surface area contributed by atoms with Crippen molar-refractivity contribution in [2.75, 3.05) is 25.1 Å². The van der Waals surface area contributed by atoms with Crippen LogP contribution in [0, 0.1) is 6.92 Å². The van der Waals surface area contributed by atoms with Crippen molar-refractivity contribution in [1.29, 1.82) is 0 Å². The molecule has 2 aliphatic heterocycles. The number of aliphatic hydroxyl groups excluding tert-OH is 4.